The summed E-state index contributed by atoms with van der Waals surface area (Å²) in [6.07, 6.45) is 0. The number of hydrogen-bond donors (Lipinski definition) is 0. The summed E-state index contributed by atoms with van der Waals surface area (Å²) < 4.78 is 1.12. The van der Waals surface area contributed by atoms with Crippen LogP contribution in [0.3, 0.4) is 0 Å². The van der Waals surface area contributed by atoms with E-state index in [9.17, 15) is 0 Å². The molecular formula is C18H14INO3. The number of hydrogen-bond acceptors (Lipinski definition) is 4. The molecule has 5 heteroatoms. The molecule has 0 amide bonds. The zero-order chi connectivity index (χ0) is 15.9. The normalized spacial score (nSPS) is 10.3. The quantitative estimate of drug-likeness (QED) is 0.421. The van der Waals surface area contributed by atoms with Crippen LogP contribution in [0.2, 0.25) is 0 Å². The summed E-state index contributed by atoms with van der Waals surface area (Å²) in [6, 6.07) is 26.2. The molecule has 0 saturated heterocycles. The van der Waals surface area contributed by atoms with Gasteiger partial charge in [0.25, 0.3) is 0 Å². The number of halogens is 1. The fourth-order valence-corrected chi connectivity index (χ4v) is 2.13. The fourth-order valence-electron chi connectivity index (χ4n) is 1.77. The van der Waals surface area contributed by atoms with Crippen LogP contribution in [0.25, 0.3) is 0 Å². The molecule has 0 aliphatic heterocycles. The van der Waals surface area contributed by atoms with Gasteiger partial charge in [0.2, 0.25) is 5.39 Å². The maximum atomic E-state index is 5.66. The van der Waals surface area contributed by atoms with Gasteiger partial charge in [0.1, 0.15) is 0 Å². The Labute approximate surface area is 148 Å². The minimum atomic E-state index is 0.606. The summed E-state index contributed by atoms with van der Waals surface area (Å²) in [4.78, 5) is 16.9. The maximum Gasteiger partial charge on any atom is 0.234 e. The van der Waals surface area contributed by atoms with Crippen molar-refractivity contribution in [1.82, 2.24) is 5.39 Å². The molecule has 116 valence electrons. The average Bonchev–Trinajstić information content (AvgIpc) is 2.59. The monoisotopic (exact) mass is 419 g/mol. The molecule has 4 nitrogen and oxygen atoms in total. The van der Waals surface area contributed by atoms with Crippen LogP contribution in [-0.2, 0) is 0 Å². The lowest BCUT2D eigenvalue weighted by atomic mass is 10.3. The van der Waals surface area contributed by atoms with Crippen molar-refractivity contribution >= 4 is 22.6 Å². The van der Waals surface area contributed by atoms with Crippen LogP contribution in [0.15, 0.2) is 84.9 Å². The van der Waals surface area contributed by atoms with Gasteiger partial charge < -0.3 is 14.5 Å². The van der Waals surface area contributed by atoms with E-state index in [2.05, 4.69) is 22.6 Å². The van der Waals surface area contributed by atoms with E-state index in [1.165, 1.54) is 0 Å². The van der Waals surface area contributed by atoms with Crippen molar-refractivity contribution in [2.24, 2.45) is 0 Å². The smallest absolute Gasteiger partial charge is 0.234 e. The first-order chi connectivity index (χ1) is 11.3. The van der Waals surface area contributed by atoms with Crippen molar-refractivity contribution in [3.63, 3.8) is 0 Å². The molecule has 0 saturated carbocycles. The van der Waals surface area contributed by atoms with E-state index >= 15 is 0 Å². The highest BCUT2D eigenvalue weighted by atomic mass is 127. The Bertz CT molecular complexity index is 679. The van der Waals surface area contributed by atoms with E-state index in [0.29, 0.717) is 17.2 Å². The van der Waals surface area contributed by atoms with Crippen LogP contribution < -0.4 is 14.5 Å². The topological polar surface area (TPSA) is 30.9 Å². The first-order valence-electron chi connectivity index (χ1n) is 6.99. The second kappa shape index (κ2) is 7.85. The SMILES string of the molecule is Ic1ccc(ON(Oc2ccccc2)Oc2ccccc2)cc1. The van der Waals surface area contributed by atoms with E-state index < -0.39 is 0 Å². The number of benzene rings is 3. The fraction of sp³-hybridized carbons (Fsp3) is 0. The Hall–Kier alpha value is -2.25. The minimum Gasteiger partial charge on any atom is -0.339 e. The van der Waals surface area contributed by atoms with Gasteiger partial charge in [0.05, 0.1) is 0 Å². The second-order valence-electron chi connectivity index (χ2n) is 4.58. The molecule has 23 heavy (non-hydrogen) atoms. The minimum absolute atomic E-state index is 0.606. The van der Waals surface area contributed by atoms with Gasteiger partial charge in [-0.3, -0.25) is 0 Å². The number of rotatable bonds is 6. The molecule has 3 rings (SSSR count). The summed E-state index contributed by atoms with van der Waals surface area (Å²) in [5, 5.41) is 0.993. The molecule has 0 aliphatic rings. The first kappa shape index (κ1) is 15.6. The molecule has 0 spiro atoms. The van der Waals surface area contributed by atoms with Gasteiger partial charge in [-0.15, -0.1) is 0 Å². The number of nitrogens with zero attached hydrogens (tertiary/aromatic N) is 1. The molecule has 3 aromatic carbocycles. The highest BCUT2D eigenvalue weighted by molar-refractivity contribution is 14.1. The van der Waals surface area contributed by atoms with Crippen LogP contribution in [0.5, 0.6) is 17.2 Å². The summed E-state index contributed by atoms with van der Waals surface area (Å²) in [7, 11) is 0. The Morgan fingerprint density at radius 2 is 0.913 bits per heavy atom. The summed E-state index contributed by atoms with van der Waals surface area (Å²) in [5.74, 6) is 1.82. The van der Waals surface area contributed by atoms with Gasteiger partial charge in [-0.1, -0.05) is 36.4 Å². The molecule has 0 bridgehead atoms. The van der Waals surface area contributed by atoms with Crippen LogP contribution in [0.4, 0.5) is 0 Å². The molecule has 0 radical (unpaired) electrons. The molecule has 3 aromatic rings. The largest absolute Gasteiger partial charge is 0.339 e. The van der Waals surface area contributed by atoms with Crippen molar-refractivity contribution in [2.75, 3.05) is 0 Å². The standard InChI is InChI=1S/C18H14INO3/c19-15-11-13-18(14-12-15)23-20(21-16-7-3-1-4-8-16)22-17-9-5-2-6-10-17/h1-14H. The first-order valence-corrected chi connectivity index (χ1v) is 8.07. The van der Waals surface area contributed by atoms with Crippen LogP contribution in [-0.4, -0.2) is 5.39 Å². The molecule has 0 heterocycles. The summed E-state index contributed by atoms with van der Waals surface area (Å²) in [6.45, 7) is 0. The van der Waals surface area contributed by atoms with Crippen molar-refractivity contribution in [1.29, 1.82) is 0 Å². The van der Waals surface area contributed by atoms with E-state index in [0.717, 1.165) is 8.96 Å². The van der Waals surface area contributed by atoms with E-state index in [4.69, 9.17) is 14.5 Å². The predicted molar refractivity (Wildman–Crippen MR) is 95.8 cm³/mol. The van der Waals surface area contributed by atoms with Crippen LogP contribution >= 0.6 is 22.6 Å². The lowest BCUT2D eigenvalue weighted by Crippen LogP contribution is -2.34. The van der Waals surface area contributed by atoms with E-state index in [1.54, 1.807) is 0 Å². The van der Waals surface area contributed by atoms with Gasteiger partial charge in [0, 0.05) is 3.57 Å². The molecular weight excluding hydrogens is 405 g/mol. The highest BCUT2D eigenvalue weighted by Crippen LogP contribution is 2.19. The molecule has 0 atom stereocenters. The van der Waals surface area contributed by atoms with Gasteiger partial charge in [-0.2, -0.15) is 0 Å². The summed E-state index contributed by atoms with van der Waals surface area (Å²) >= 11 is 2.24. The van der Waals surface area contributed by atoms with Crippen molar-refractivity contribution in [2.45, 2.75) is 0 Å². The van der Waals surface area contributed by atoms with Crippen LogP contribution in [0, 0.1) is 3.57 Å². The summed E-state index contributed by atoms with van der Waals surface area (Å²) in [5.41, 5.74) is 0. The Morgan fingerprint density at radius 1 is 0.522 bits per heavy atom. The van der Waals surface area contributed by atoms with Crippen molar-refractivity contribution in [3.05, 3.63) is 88.5 Å². The third-order valence-electron chi connectivity index (χ3n) is 2.84. The lowest BCUT2D eigenvalue weighted by Gasteiger charge is -2.20. The molecule has 0 aromatic heterocycles. The highest BCUT2D eigenvalue weighted by Gasteiger charge is 2.13. The zero-order valence-electron chi connectivity index (χ0n) is 12.1. The maximum absolute atomic E-state index is 5.66. The zero-order valence-corrected chi connectivity index (χ0v) is 14.3. The third-order valence-corrected chi connectivity index (χ3v) is 3.56. The number of para-hydroxylation sites is 2. The Kier molecular flexibility index (Phi) is 5.33. The van der Waals surface area contributed by atoms with E-state index in [-0.39, 0.29) is 0 Å². The van der Waals surface area contributed by atoms with Crippen molar-refractivity contribution in [3.8, 4) is 17.2 Å². The molecule has 0 unspecified atom stereocenters. The van der Waals surface area contributed by atoms with Gasteiger partial charge in [0.15, 0.2) is 17.2 Å². The van der Waals surface area contributed by atoms with Crippen LogP contribution in [0.1, 0.15) is 0 Å². The van der Waals surface area contributed by atoms with E-state index in [1.807, 2.05) is 84.9 Å². The average molecular weight is 419 g/mol. The molecule has 0 fully saturated rings. The van der Waals surface area contributed by atoms with Gasteiger partial charge in [-0.05, 0) is 71.1 Å². The van der Waals surface area contributed by atoms with Crippen molar-refractivity contribution < 1.29 is 14.5 Å². The Morgan fingerprint density at radius 3 is 1.35 bits per heavy atom. The molecule has 0 aliphatic carbocycles. The van der Waals surface area contributed by atoms with Gasteiger partial charge in [-0.25, -0.2) is 0 Å². The van der Waals surface area contributed by atoms with Gasteiger partial charge >= 0.3 is 0 Å². The molecule has 0 N–H and O–H groups in total. The lowest BCUT2D eigenvalue weighted by molar-refractivity contribution is -0.408. The second-order valence-corrected chi connectivity index (χ2v) is 5.82. The third kappa shape index (κ3) is 4.87. The Balaban J connectivity index is 1.76. The predicted octanol–water partition coefficient (Wildman–Crippen LogP) is 4.88.